The quantitative estimate of drug-likeness (QED) is 0.850. The van der Waals surface area contributed by atoms with Crippen LogP contribution in [0.1, 0.15) is 35.8 Å². The molecule has 0 radical (unpaired) electrons. The van der Waals surface area contributed by atoms with Gasteiger partial charge in [-0.25, -0.2) is 9.89 Å². The van der Waals surface area contributed by atoms with E-state index >= 15 is 0 Å². The van der Waals surface area contributed by atoms with Crippen LogP contribution < -0.4 is 4.74 Å². The number of aromatic nitrogens is 3. The van der Waals surface area contributed by atoms with Crippen LogP contribution in [-0.4, -0.2) is 26.5 Å². The topological polar surface area (TPSA) is 88.1 Å². The second-order valence-electron chi connectivity index (χ2n) is 5.47. The second-order valence-corrected chi connectivity index (χ2v) is 5.47. The van der Waals surface area contributed by atoms with E-state index < -0.39 is 5.97 Å². The van der Waals surface area contributed by atoms with Gasteiger partial charge in [0.2, 0.25) is 5.69 Å². The fourth-order valence-corrected chi connectivity index (χ4v) is 2.38. The number of rotatable bonds is 3. The highest BCUT2D eigenvalue weighted by atomic mass is 16.5. The molecule has 1 aliphatic rings. The number of hydrogen-bond donors (Lipinski definition) is 2. The summed E-state index contributed by atoms with van der Waals surface area (Å²) < 4.78 is 5.46. The first-order valence-electron chi connectivity index (χ1n) is 7.05. The normalized spacial score (nSPS) is 19.7. The predicted molar refractivity (Wildman–Crippen MR) is 78.6 cm³/mol. The average molecular weight is 297 g/mol. The van der Waals surface area contributed by atoms with Crippen molar-refractivity contribution in [2.24, 2.45) is 11.8 Å². The van der Waals surface area contributed by atoms with Crippen molar-refractivity contribution in [2.45, 2.75) is 19.8 Å². The Morgan fingerprint density at radius 2 is 2.27 bits per heavy atom. The number of carboxylic acids is 1. The third-order valence-electron chi connectivity index (χ3n) is 3.57. The summed E-state index contributed by atoms with van der Waals surface area (Å²) in [6.07, 6.45) is 2.31. The van der Waals surface area contributed by atoms with Gasteiger partial charge in [0.25, 0.3) is 5.88 Å². The lowest BCUT2D eigenvalue weighted by Crippen LogP contribution is -2.18. The van der Waals surface area contributed by atoms with E-state index in [-0.39, 0.29) is 11.6 Å². The van der Waals surface area contributed by atoms with Crippen molar-refractivity contribution in [3.8, 4) is 23.5 Å². The van der Waals surface area contributed by atoms with E-state index in [0.29, 0.717) is 11.7 Å². The Kier molecular flexibility index (Phi) is 3.79. The molecule has 0 spiro atoms. The van der Waals surface area contributed by atoms with Crippen molar-refractivity contribution < 1.29 is 14.6 Å². The van der Waals surface area contributed by atoms with Crippen LogP contribution in [0.25, 0.3) is 0 Å². The molecular weight excluding hydrogens is 282 g/mol. The number of nitrogens with one attached hydrogen (secondary N) is 1. The Morgan fingerprint density at radius 1 is 1.45 bits per heavy atom. The van der Waals surface area contributed by atoms with Crippen molar-refractivity contribution in [1.29, 1.82) is 0 Å². The minimum Gasteiger partial charge on any atom is -0.476 e. The van der Waals surface area contributed by atoms with Gasteiger partial charge in [-0.15, -0.1) is 0 Å². The molecule has 0 atom stereocenters. The van der Waals surface area contributed by atoms with E-state index in [1.807, 2.05) is 12.1 Å². The lowest BCUT2D eigenvalue weighted by Gasteiger charge is -2.27. The molecule has 6 heteroatoms. The van der Waals surface area contributed by atoms with Gasteiger partial charge >= 0.3 is 5.97 Å². The maximum absolute atomic E-state index is 11.0. The molecule has 1 heterocycles. The molecule has 6 nitrogen and oxygen atoms in total. The number of H-pyrrole nitrogens is 1. The summed E-state index contributed by atoms with van der Waals surface area (Å²) in [4.78, 5) is 11.0. The minimum atomic E-state index is -1.17. The van der Waals surface area contributed by atoms with Crippen LogP contribution in [0.3, 0.4) is 0 Å². The Morgan fingerprint density at radius 3 is 3.00 bits per heavy atom. The summed E-state index contributed by atoms with van der Waals surface area (Å²) in [5.74, 6) is 6.88. The van der Waals surface area contributed by atoms with Gasteiger partial charge < -0.3 is 9.84 Å². The summed E-state index contributed by atoms with van der Waals surface area (Å²) >= 11 is 0. The van der Waals surface area contributed by atoms with E-state index in [0.717, 1.165) is 24.3 Å². The smallest absolute Gasteiger partial charge is 0.359 e. The molecule has 3 rings (SSSR count). The summed E-state index contributed by atoms with van der Waals surface area (Å²) in [6, 6.07) is 7.18. The Bertz CT molecular complexity index is 751. The average Bonchev–Trinajstić information content (AvgIpc) is 2.91. The summed E-state index contributed by atoms with van der Waals surface area (Å²) in [7, 11) is 0. The highest BCUT2D eigenvalue weighted by molar-refractivity contribution is 5.87. The zero-order valence-electron chi connectivity index (χ0n) is 12.0. The van der Waals surface area contributed by atoms with Crippen molar-refractivity contribution in [3.63, 3.8) is 0 Å². The van der Waals surface area contributed by atoms with Gasteiger partial charge in [-0.2, -0.15) is 0 Å². The van der Waals surface area contributed by atoms with Crippen LogP contribution in [0.4, 0.5) is 0 Å². The predicted octanol–water partition coefficient (Wildman–Crippen LogP) is 2.69. The maximum atomic E-state index is 11.0. The monoisotopic (exact) mass is 297 g/mol. The first-order valence-corrected chi connectivity index (χ1v) is 7.05. The molecule has 0 unspecified atom stereocenters. The number of carbonyl (C=O) groups is 1. The molecule has 22 heavy (non-hydrogen) atoms. The highest BCUT2D eigenvalue weighted by Gasteiger charge is 2.23. The van der Waals surface area contributed by atoms with Crippen molar-refractivity contribution >= 4 is 5.97 Å². The van der Waals surface area contributed by atoms with Crippen molar-refractivity contribution in [3.05, 3.63) is 35.5 Å². The van der Waals surface area contributed by atoms with Gasteiger partial charge in [-0.05, 0) is 37.0 Å². The van der Waals surface area contributed by atoms with Crippen molar-refractivity contribution in [1.82, 2.24) is 15.4 Å². The fraction of sp³-hybridized carbons (Fsp3) is 0.312. The van der Waals surface area contributed by atoms with E-state index in [4.69, 9.17) is 9.84 Å². The number of aromatic amines is 1. The van der Waals surface area contributed by atoms with Gasteiger partial charge in [0.15, 0.2) is 0 Å². The maximum Gasteiger partial charge on any atom is 0.359 e. The molecule has 1 fully saturated rings. The van der Waals surface area contributed by atoms with Gasteiger partial charge in [0.05, 0.1) is 0 Å². The highest BCUT2D eigenvalue weighted by Crippen LogP contribution is 2.32. The standard InChI is InChI=1S/C16H15N3O3/c1-10-7-12(8-10)6-5-11-3-2-4-13(9-11)22-15-14(16(20)21)17-19-18-15/h2-4,9-10,12H,7-8H2,1H3,(H,20,21)(H,17,18,19). The third kappa shape index (κ3) is 3.09. The van der Waals surface area contributed by atoms with Gasteiger partial charge in [0, 0.05) is 11.5 Å². The van der Waals surface area contributed by atoms with E-state index in [2.05, 4.69) is 34.2 Å². The Hall–Kier alpha value is -2.81. The molecule has 2 N–H and O–H groups in total. The van der Waals surface area contributed by atoms with Crippen LogP contribution in [0.15, 0.2) is 24.3 Å². The Labute approximate surface area is 127 Å². The number of ether oxygens (including phenoxy) is 1. The summed E-state index contributed by atoms with van der Waals surface area (Å²) in [5.41, 5.74) is 0.650. The third-order valence-corrected chi connectivity index (χ3v) is 3.57. The van der Waals surface area contributed by atoms with Crippen LogP contribution in [0, 0.1) is 23.7 Å². The van der Waals surface area contributed by atoms with Gasteiger partial charge in [-0.3, -0.25) is 0 Å². The second kappa shape index (κ2) is 5.90. The molecule has 1 saturated carbocycles. The molecule has 1 aliphatic carbocycles. The van der Waals surface area contributed by atoms with E-state index in [1.165, 1.54) is 0 Å². The number of benzene rings is 1. The number of hydrogen-bond acceptors (Lipinski definition) is 4. The Balaban J connectivity index is 1.74. The molecule has 0 saturated heterocycles. The lowest BCUT2D eigenvalue weighted by atomic mass is 9.76. The molecule has 1 aromatic heterocycles. The fourth-order valence-electron chi connectivity index (χ4n) is 2.38. The number of aromatic carboxylic acids is 1. The molecule has 2 aromatic rings. The molecule has 1 aromatic carbocycles. The van der Waals surface area contributed by atoms with Crippen LogP contribution in [0.5, 0.6) is 11.6 Å². The summed E-state index contributed by atoms with van der Waals surface area (Å²) in [5, 5.41) is 18.3. The zero-order valence-corrected chi connectivity index (χ0v) is 12.0. The molecular formula is C16H15N3O3. The minimum absolute atomic E-state index is 0.0644. The first kappa shape index (κ1) is 14.1. The van der Waals surface area contributed by atoms with E-state index in [9.17, 15) is 4.79 Å². The van der Waals surface area contributed by atoms with Crippen LogP contribution in [-0.2, 0) is 0 Å². The molecule has 0 amide bonds. The van der Waals surface area contributed by atoms with E-state index in [1.54, 1.807) is 12.1 Å². The van der Waals surface area contributed by atoms with Crippen molar-refractivity contribution in [2.75, 3.05) is 0 Å². The van der Waals surface area contributed by atoms with Gasteiger partial charge in [0.1, 0.15) is 5.75 Å². The lowest BCUT2D eigenvalue weighted by molar-refractivity contribution is 0.0687. The molecule has 112 valence electrons. The van der Waals surface area contributed by atoms with Crippen LogP contribution >= 0.6 is 0 Å². The first-order chi connectivity index (χ1) is 10.6. The SMILES string of the molecule is CC1CC(C#Cc2cccc(Oc3nn[nH]c3C(=O)O)c2)C1. The number of nitrogens with zero attached hydrogens (tertiary/aromatic N) is 2. The van der Waals surface area contributed by atoms with Crippen LogP contribution in [0.2, 0.25) is 0 Å². The zero-order chi connectivity index (χ0) is 15.5. The number of carboxylic acid groups (broad SMARTS) is 1. The largest absolute Gasteiger partial charge is 0.476 e. The van der Waals surface area contributed by atoms with Gasteiger partial charge in [-0.1, -0.05) is 35.1 Å². The molecule has 0 aliphatic heterocycles. The molecule has 0 bridgehead atoms. The summed E-state index contributed by atoms with van der Waals surface area (Å²) in [6.45, 7) is 2.23.